The van der Waals surface area contributed by atoms with Gasteiger partial charge < -0.3 is 16.0 Å². The SMILES string of the molecule is CC(NO)NCC(F)=CCCC(C)(N)C(=O)O. The van der Waals surface area contributed by atoms with E-state index in [9.17, 15) is 9.18 Å². The summed E-state index contributed by atoms with van der Waals surface area (Å²) in [5.41, 5.74) is 6.05. The minimum absolute atomic E-state index is 0.0386. The Labute approximate surface area is 99.6 Å². The zero-order valence-corrected chi connectivity index (χ0v) is 10.0. The largest absolute Gasteiger partial charge is 0.480 e. The molecule has 0 rings (SSSR count). The van der Waals surface area contributed by atoms with E-state index < -0.39 is 23.5 Å². The Morgan fingerprint density at radius 3 is 2.71 bits per heavy atom. The monoisotopic (exact) mass is 249 g/mol. The van der Waals surface area contributed by atoms with Gasteiger partial charge in [0.15, 0.2) is 0 Å². The van der Waals surface area contributed by atoms with Crippen LogP contribution >= 0.6 is 0 Å². The van der Waals surface area contributed by atoms with Gasteiger partial charge >= 0.3 is 5.97 Å². The van der Waals surface area contributed by atoms with Gasteiger partial charge in [-0.05, 0) is 26.7 Å². The molecule has 6 nitrogen and oxygen atoms in total. The first-order valence-electron chi connectivity index (χ1n) is 5.29. The highest BCUT2D eigenvalue weighted by Gasteiger charge is 2.26. The maximum atomic E-state index is 13.2. The summed E-state index contributed by atoms with van der Waals surface area (Å²) >= 11 is 0. The van der Waals surface area contributed by atoms with Gasteiger partial charge in [-0.1, -0.05) is 6.08 Å². The first kappa shape index (κ1) is 16.0. The Morgan fingerprint density at radius 2 is 2.24 bits per heavy atom. The van der Waals surface area contributed by atoms with Gasteiger partial charge in [-0.25, -0.2) is 4.39 Å². The number of nitrogens with one attached hydrogen (secondary N) is 2. The van der Waals surface area contributed by atoms with E-state index in [0.717, 1.165) is 0 Å². The van der Waals surface area contributed by atoms with Gasteiger partial charge in [0.05, 0.1) is 6.17 Å². The van der Waals surface area contributed by atoms with Crippen molar-refractivity contribution in [3.63, 3.8) is 0 Å². The van der Waals surface area contributed by atoms with Crippen molar-refractivity contribution in [2.24, 2.45) is 5.73 Å². The first-order chi connectivity index (χ1) is 7.79. The number of carboxylic acids is 1. The van der Waals surface area contributed by atoms with E-state index in [-0.39, 0.29) is 19.4 Å². The van der Waals surface area contributed by atoms with Crippen molar-refractivity contribution in [3.8, 4) is 0 Å². The third-order valence-electron chi connectivity index (χ3n) is 2.29. The number of aliphatic carboxylic acids is 1. The highest BCUT2D eigenvalue weighted by atomic mass is 19.1. The molecule has 0 aliphatic heterocycles. The summed E-state index contributed by atoms with van der Waals surface area (Å²) in [4.78, 5) is 10.7. The van der Waals surface area contributed by atoms with E-state index in [1.807, 2.05) is 5.48 Å². The first-order valence-corrected chi connectivity index (χ1v) is 5.29. The van der Waals surface area contributed by atoms with Crippen molar-refractivity contribution in [1.29, 1.82) is 0 Å². The standard InChI is InChI=1S/C10H20FN3O3/c1-7(14-17)13-6-8(11)4-3-5-10(2,12)9(15)16/h4,7,13-14,17H,3,5-6,12H2,1-2H3,(H,15,16). The van der Waals surface area contributed by atoms with E-state index in [1.165, 1.54) is 13.0 Å². The molecule has 0 aromatic carbocycles. The number of hydrogen-bond acceptors (Lipinski definition) is 5. The molecule has 0 aromatic heterocycles. The molecule has 0 heterocycles. The molecule has 0 amide bonds. The fourth-order valence-corrected chi connectivity index (χ4v) is 1.00. The number of halogens is 1. The predicted octanol–water partition coefficient (Wildman–Crippen LogP) is 0.336. The molecular weight excluding hydrogens is 229 g/mol. The highest BCUT2D eigenvalue weighted by molar-refractivity contribution is 5.77. The maximum Gasteiger partial charge on any atom is 0.323 e. The van der Waals surface area contributed by atoms with Crippen molar-refractivity contribution in [2.45, 2.75) is 38.4 Å². The quantitative estimate of drug-likeness (QED) is 0.313. The smallest absolute Gasteiger partial charge is 0.323 e. The zero-order chi connectivity index (χ0) is 13.5. The number of allylic oxidation sites excluding steroid dienone is 1. The van der Waals surface area contributed by atoms with Crippen LogP contribution in [-0.4, -0.2) is 34.5 Å². The molecule has 2 unspecified atom stereocenters. The third-order valence-corrected chi connectivity index (χ3v) is 2.29. The summed E-state index contributed by atoms with van der Waals surface area (Å²) < 4.78 is 13.2. The van der Waals surface area contributed by atoms with Gasteiger partial charge in [-0.2, -0.15) is 5.48 Å². The van der Waals surface area contributed by atoms with Crippen molar-refractivity contribution < 1.29 is 19.5 Å². The van der Waals surface area contributed by atoms with Crippen LogP contribution in [0.5, 0.6) is 0 Å². The molecule has 17 heavy (non-hydrogen) atoms. The predicted molar refractivity (Wildman–Crippen MR) is 61.0 cm³/mol. The van der Waals surface area contributed by atoms with Crippen LogP contribution < -0.4 is 16.5 Å². The average molecular weight is 249 g/mol. The lowest BCUT2D eigenvalue weighted by atomic mass is 9.97. The van der Waals surface area contributed by atoms with E-state index >= 15 is 0 Å². The fourth-order valence-electron chi connectivity index (χ4n) is 1.00. The van der Waals surface area contributed by atoms with E-state index in [1.54, 1.807) is 6.92 Å². The lowest BCUT2D eigenvalue weighted by Crippen LogP contribution is -2.44. The van der Waals surface area contributed by atoms with Gasteiger partial charge in [0.2, 0.25) is 0 Å². The summed E-state index contributed by atoms with van der Waals surface area (Å²) in [6, 6.07) is 0. The van der Waals surface area contributed by atoms with Crippen LogP contribution in [-0.2, 0) is 4.79 Å². The van der Waals surface area contributed by atoms with E-state index in [2.05, 4.69) is 5.32 Å². The van der Waals surface area contributed by atoms with Crippen LogP contribution in [0.25, 0.3) is 0 Å². The van der Waals surface area contributed by atoms with Crippen molar-refractivity contribution >= 4 is 5.97 Å². The molecular formula is C10H20FN3O3. The number of nitrogens with two attached hydrogens (primary N) is 1. The van der Waals surface area contributed by atoms with Crippen LogP contribution in [0.4, 0.5) is 4.39 Å². The molecule has 0 saturated heterocycles. The molecule has 7 heteroatoms. The second kappa shape index (κ2) is 7.33. The molecule has 0 radical (unpaired) electrons. The molecule has 100 valence electrons. The Bertz CT molecular complexity index is 282. The molecule has 0 spiro atoms. The minimum atomic E-state index is -1.34. The molecule has 0 saturated carbocycles. The second-order valence-electron chi connectivity index (χ2n) is 4.14. The van der Waals surface area contributed by atoms with Gasteiger partial charge in [-0.3, -0.25) is 10.1 Å². The van der Waals surface area contributed by atoms with Gasteiger partial charge in [0.1, 0.15) is 11.4 Å². The summed E-state index contributed by atoms with van der Waals surface area (Å²) in [7, 11) is 0. The number of rotatable bonds is 8. The minimum Gasteiger partial charge on any atom is -0.480 e. The van der Waals surface area contributed by atoms with Gasteiger partial charge in [-0.15, -0.1) is 0 Å². The summed E-state index contributed by atoms with van der Waals surface area (Å²) in [6.45, 7) is 2.97. The molecule has 6 N–H and O–H groups in total. The number of hydrogen-bond donors (Lipinski definition) is 5. The highest BCUT2D eigenvalue weighted by Crippen LogP contribution is 2.11. The van der Waals surface area contributed by atoms with Crippen molar-refractivity contribution in [1.82, 2.24) is 10.8 Å². The Balaban J connectivity index is 3.96. The van der Waals surface area contributed by atoms with Crippen LogP contribution in [0.3, 0.4) is 0 Å². The Kier molecular flexibility index (Phi) is 6.89. The number of carbonyl (C=O) groups is 1. The van der Waals surface area contributed by atoms with E-state index in [0.29, 0.717) is 0 Å². The molecule has 0 aliphatic rings. The van der Waals surface area contributed by atoms with Crippen LogP contribution in [0.2, 0.25) is 0 Å². The normalized spacial score (nSPS) is 17.6. The molecule has 2 atom stereocenters. The Hall–Kier alpha value is -1.02. The van der Waals surface area contributed by atoms with Crippen LogP contribution in [0.15, 0.2) is 11.9 Å². The van der Waals surface area contributed by atoms with Crippen LogP contribution in [0, 0.1) is 0 Å². The Morgan fingerprint density at radius 1 is 1.65 bits per heavy atom. The van der Waals surface area contributed by atoms with Crippen molar-refractivity contribution in [2.75, 3.05) is 6.54 Å². The van der Waals surface area contributed by atoms with E-state index in [4.69, 9.17) is 16.0 Å². The molecule has 0 aliphatic carbocycles. The molecule has 0 fully saturated rings. The average Bonchev–Trinajstić information content (AvgIpc) is 2.25. The van der Waals surface area contributed by atoms with Crippen molar-refractivity contribution in [3.05, 3.63) is 11.9 Å². The van der Waals surface area contributed by atoms with Crippen LogP contribution in [0.1, 0.15) is 26.7 Å². The molecule has 0 bridgehead atoms. The lowest BCUT2D eigenvalue weighted by Gasteiger charge is -2.17. The summed E-state index contributed by atoms with van der Waals surface area (Å²) in [5.74, 6) is -1.53. The zero-order valence-electron chi connectivity index (χ0n) is 10.0. The number of hydroxylamine groups is 1. The number of carboxylic acid groups (broad SMARTS) is 1. The summed E-state index contributed by atoms with van der Waals surface area (Å²) in [5, 5.41) is 19.8. The van der Waals surface area contributed by atoms with Gasteiger partial charge in [0, 0.05) is 6.54 Å². The fraction of sp³-hybridized carbons (Fsp3) is 0.700. The lowest BCUT2D eigenvalue weighted by molar-refractivity contribution is -0.142. The topological polar surface area (TPSA) is 108 Å². The van der Waals surface area contributed by atoms with Gasteiger partial charge in [0.25, 0.3) is 0 Å². The molecule has 0 aromatic rings. The maximum absolute atomic E-state index is 13.2. The second-order valence-corrected chi connectivity index (χ2v) is 4.14. The summed E-state index contributed by atoms with van der Waals surface area (Å²) in [6.07, 6.45) is 1.26. The third kappa shape index (κ3) is 7.01.